The maximum atomic E-state index is 12.9. The summed E-state index contributed by atoms with van der Waals surface area (Å²) in [7, 11) is -3.42. The van der Waals surface area contributed by atoms with Crippen LogP contribution in [0.15, 0.2) is 53.5 Å². The third-order valence-electron chi connectivity index (χ3n) is 5.73. The third kappa shape index (κ3) is 1.68. The van der Waals surface area contributed by atoms with E-state index in [1.54, 1.807) is 16.4 Å². The standard InChI is InChI=1S/C18H21NO2S/c1-12-4-8-16(9-5-12)22(20,21)19-10-17-13(2)18(11-19,14(17)3)15-6-7-15/h4-5,8-9,15,17H,2-3,6-7,10-11H2,1H3. The highest BCUT2D eigenvalue weighted by atomic mass is 32.2. The number of sulfonamides is 1. The number of rotatable bonds is 3. The van der Waals surface area contributed by atoms with Gasteiger partial charge < -0.3 is 0 Å². The third-order valence-corrected chi connectivity index (χ3v) is 7.56. The molecule has 4 heteroatoms. The smallest absolute Gasteiger partial charge is 0.207 e. The molecular formula is C18H21NO2S. The van der Waals surface area contributed by atoms with Gasteiger partial charge in [-0.15, -0.1) is 0 Å². The Morgan fingerprint density at radius 2 is 1.73 bits per heavy atom. The zero-order valence-corrected chi connectivity index (χ0v) is 13.7. The van der Waals surface area contributed by atoms with Gasteiger partial charge in [0.2, 0.25) is 10.0 Å². The fourth-order valence-corrected chi connectivity index (χ4v) is 5.70. The van der Waals surface area contributed by atoms with E-state index in [0.29, 0.717) is 23.9 Å². The van der Waals surface area contributed by atoms with Crippen LogP contribution in [-0.2, 0) is 10.0 Å². The Morgan fingerprint density at radius 3 is 2.27 bits per heavy atom. The molecule has 5 rings (SSSR count). The molecule has 4 aliphatic rings. The molecule has 0 aromatic heterocycles. The molecule has 2 aliphatic heterocycles. The van der Waals surface area contributed by atoms with Crippen LogP contribution >= 0.6 is 0 Å². The number of nitrogens with zero attached hydrogens (tertiary/aromatic N) is 1. The Morgan fingerprint density at radius 1 is 1.14 bits per heavy atom. The van der Waals surface area contributed by atoms with Crippen molar-refractivity contribution in [3.8, 4) is 0 Å². The Kier molecular flexibility index (Phi) is 2.80. The van der Waals surface area contributed by atoms with Crippen LogP contribution < -0.4 is 0 Å². The van der Waals surface area contributed by atoms with Gasteiger partial charge in [-0.3, -0.25) is 0 Å². The first-order valence-electron chi connectivity index (χ1n) is 7.83. The van der Waals surface area contributed by atoms with E-state index in [4.69, 9.17) is 0 Å². The molecule has 0 N–H and O–H groups in total. The Bertz CT molecular complexity index is 756. The number of benzene rings is 1. The van der Waals surface area contributed by atoms with Crippen molar-refractivity contribution in [1.29, 1.82) is 0 Å². The number of aryl methyl sites for hydroxylation is 1. The average Bonchev–Trinajstić information content (AvgIpc) is 3.33. The van der Waals surface area contributed by atoms with Crippen molar-refractivity contribution in [3.63, 3.8) is 0 Å². The van der Waals surface area contributed by atoms with Crippen LogP contribution in [0.2, 0.25) is 0 Å². The van der Waals surface area contributed by atoms with E-state index in [2.05, 4.69) is 13.2 Å². The van der Waals surface area contributed by atoms with Crippen LogP contribution in [0, 0.1) is 24.2 Å². The summed E-state index contributed by atoms with van der Waals surface area (Å²) in [5.41, 5.74) is 3.36. The van der Waals surface area contributed by atoms with Crippen LogP contribution in [0.25, 0.3) is 0 Å². The second-order valence-corrected chi connectivity index (χ2v) is 8.90. The quantitative estimate of drug-likeness (QED) is 0.804. The second-order valence-electron chi connectivity index (χ2n) is 6.96. The van der Waals surface area contributed by atoms with Gasteiger partial charge in [0.05, 0.1) is 4.90 Å². The Balaban J connectivity index is 1.68. The maximum Gasteiger partial charge on any atom is 0.243 e. The minimum Gasteiger partial charge on any atom is -0.207 e. The monoisotopic (exact) mass is 315 g/mol. The van der Waals surface area contributed by atoms with E-state index in [-0.39, 0.29) is 11.3 Å². The summed E-state index contributed by atoms with van der Waals surface area (Å²) in [6, 6.07) is 7.12. The molecule has 1 aromatic rings. The highest BCUT2D eigenvalue weighted by molar-refractivity contribution is 7.89. The molecule has 2 saturated carbocycles. The van der Waals surface area contributed by atoms with Crippen molar-refractivity contribution in [1.82, 2.24) is 4.31 Å². The molecule has 3 nitrogen and oxygen atoms in total. The SMILES string of the molecule is C=C1C2CN(S(=O)(=O)c3ccc(C)cc3)CC1(C1CC1)C2=C. The first-order valence-corrected chi connectivity index (χ1v) is 9.27. The normalized spacial score (nSPS) is 32.0. The minimum atomic E-state index is -3.42. The molecule has 22 heavy (non-hydrogen) atoms. The predicted octanol–water partition coefficient (Wildman–Crippen LogP) is 3.14. The van der Waals surface area contributed by atoms with Crippen molar-refractivity contribution in [2.75, 3.05) is 13.1 Å². The Hall–Kier alpha value is -1.39. The summed E-state index contributed by atoms with van der Waals surface area (Å²) in [5, 5.41) is 0. The molecular weight excluding hydrogens is 294 g/mol. The largest absolute Gasteiger partial charge is 0.243 e. The summed E-state index contributed by atoms with van der Waals surface area (Å²) in [5.74, 6) is 0.703. The molecule has 2 heterocycles. The van der Waals surface area contributed by atoms with Gasteiger partial charge in [-0.1, -0.05) is 42.0 Å². The number of hydrogen-bond donors (Lipinski definition) is 0. The zero-order chi connectivity index (χ0) is 15.7. The molecule has 0 radical (unpaired) electrons. The van der Waals surface area contributed by atoms with Crippen molar-refractivity contribution in [2.24, 2.45) is 17.3 Å². The van der Waals surface area contributed by atoms with Crippen molar-refractivity contribution in [2.45, 2.75) is 24.7 Å². The first kappa shape index (κ1) is 14.2. The summed E-state index contributed by atoms with van der Waals surface area (Å²) in [6.07, 6.45) is 2.34. The lowest BCUT2D eigenvalue weighted by atomic mass is 9.50. The van der Waals surface area contributed by atoms with E-state index >= 15 is 0 Å². The highest BCUT2D eigenvalue weighted by Gasteiger charge is 2.64. The second kappa shape index (κ2) is 4.33. The molecule has 116 valence electrons. The number of fused-ring (bicyclic) bond motifs is 2. The van der Waals surface area contributed by atoms with E-state index in [0.717, 1.165) is 5.56 Å². The predicted molar refractivity (Wildman–Crippen MR) is 86.9 cm³/mol. The van der Waals surface area contributed by atoms with Gasteiger partial charge in [0.1, 0.15) is 0 Å². The Labute approximate surface area is 132 Å². The molecule has 0 unspecified atom stereocenters. The first-order chi connectivity index (χ1) is 10.4. The van der Waals surface area contributed by atoms with Crippen molar-refractivity contribution < 1.29 is 8.42 Å². The fourth-order valence-electron chi connectivity index (χ4n) is 4.20. The van der Waals surface area contributed by atoms with Crippen LogP contribution in [0.1, 0.15) is 18.4 Å². The van der Waals surface area contributed by atoms with Gasteiger partial charge >= 0.3 is 0 Å². The van der Waals surface area contributed by atoms with E-state index in [1.165, 1.54) is 24.0 Å². The summed E-state index contributed by atoms with van der Waals surface area (Å²) in [6.45, 7) is 11.5. The van der Waals surface area contributed by atoms with E-state index < -0.39 is 10.0 Å². The van der Waals surface area contributed by atoms with Gasteiger partial charge in [0.25, 0.3) is 0 Å². The zero-order valence-electron chi connectivity index (χ0n) is 12.9. The molecule has 2 saturated heterocycles. The minimum absolute atomic E-state index is 0.138. The van der Waals surface area contributed by atoms with Crippen LogP contribution in [0.4, 0.5) is 0 Å². The molecule has 1 aromatic carbocycles. The van der Waals surface area contributed by atoms with Gasteiger partial charge in [-0.25, -0.2) is 8.42 Å². The van der Waals surface area contributed by atoms with Crippen molar-refractivity contribution in [3.05, 3.63) is 54.1 Å². The fraction of sp³-hybridized carbons (Fsp3) is 0.444. The lowest BCUT2D eigenvalue weighted by Crippen LogP contribution is -2.61. The average molecular weight is 315 g/mol. The summed E-state index contributed by atoms with van der Waals surface area (Å²) >= 11 is 0. The van der Waals surface area contributed by atoms with E-state index in [9.17, 15) is 8.42 Å². The van der Waals surface area contributed by atoms with Gasteiger partial charge in [-0.2, -0.15) is 4.31 Å². The summed E-state index contributed by atoms with van der Waals surface area (Å²) < 4.78 is 27.5. The topological polar surface area (TPSA) is 37.4 Å². The van der Waals surface area contributed by atoms with Crippen LogP contribution in [0.3, 0.4) is 0 Å². The van der Waals surface area contributed by atoms with Gasteiger partial charge in [0.15, 0.2) is 0 Å². The number of piperidine rings is 2. The number of hydrogen-bond acceptors (Lipinski definition) is 2. The maximum absolute atomic E-state index is 12.9. The van der Waals surface area contributed by atoms with Crippen LogP contribution in [0.5, 0.6) is 0 Å². The molecule has 2 bridgehead atoms. The highest BCUT2D eigenvalue weighted by Crippen LogP contribution is 2.67. The lowest BCUT2D eigenvalue weighted by Gasteiger charge is -2.60. The van der Waals surface area contributed by atoms with E-state index in [1.807, 2.05) is 19.1 Å². The molecule has 4 fully saturated rings. The molecule has 2 aliphatic carbocycles. The van der Waals surface area contributed by atoms with Gasteiger partial charge in [-0.05, 0) is 37.8 Å². The van der Waals surface area contributed by atoms with Gasteiger partial charge in [0, 0.05) is 24.4 Å². The summed E-state index contributed by atoms with van der Waals surface area (Å²) in [4.78, 5) is 0.390. The van der Waals surface area contributed by atoms with Crippen molar-refractivity contribution >= 4 is 10.0 Å². The van der Waals surface area contributed by atoms with Crippen LogP contribution in [-0.4, -0.2) is 25.8 Å². The lowest BCUT2D eigenvalue weighted by molar-refractivity contribution is 0.116. The molecule has 0 spiro atoms. The molecule has 0 atom stereocenters. The molecule has 0 amide bonds.